The fourth-order valence-electron chi connectivity index (χ4n) is 1.85. The summed E-state index contributed by atoms with van der Waals surface area (Å²) >= 11 is 0. The van der Waals surface area contributed by atoms with Crippen molar-refractivity contribution >= 4 is 5.78 Å². The molecule has 2 rings (SSSR count). The molecule has 0 aromatic heterocycles. The van der Waals surface area contributed by atoms with Gasteiger partial charge in [0.25, 0.3) is 0 Å². The lowest BCUT2D eigenvalue weighted by Crippen LogP contribution is -2.39. The van der Waals surface area contributed by atoms with E-state index in [2.05, 4.69) is 5.32 Å². The molecule has 1 saturated heterocycles. The molecule has 1 atom stereocenters. The molecule has 1 N–H and O–H groups in total. The molecule has 1 aliphatic rings. The maximum Gasteiger partial charge on any atom is 0.165 e. The van der Waals surface area contributed by atoms with Crippen molar-refractivity contribution in [2.24, 2.45) is 0 Å². The van der Waals surface area contributed by atoms with Crippen LogP contribution in [0.1, 0.15) is 16.8 Å². The van der Waals surface area contributed by atoms with Crippen LogP contribution in [0.2, 0.25) is 0 Å². The van der Waals surface area contributed by atoms with Gasteiger partial charge in [-0.05, 0) is 24.3 Å². The number of hydrogen-bond donors (Lipinski definition) is 1. The van der Waals surface area contributed by atoms with Crippen molar-refractivity contribution in [3.05, 3.63) is 29.8 Å². The highest BCUT2D eigenvalue weighted by Crippen LogP contribution is 2.14. The van der Waals surface area contributed by atoms with Crippen LogP contribution in [0, 0.1) is 0 Å². The number of hydrogen-bond acceptors (Lipinski definition) is 4. The average Bonchev–Trinajstić information content (AvgIpc) is 2.40. The topological polar surface area (TPSA) is 47.6 Å². The Morgan fingerprint density at radius 1 is 1.47 bits per heavy atom. The van der Waals surface area contributed by atoms with Crippen LogP contribution in [-0.2, 0) is 4.74 Å². The number of carbonyl (C=O) groups excluding carboxylic acids is 1. The second-order valence-corrected chi connectivity index (χ2v) is 4.05. The standard InChI is InChI=1S/C13H17NO3/c1-16-11-4-2-10(3-5-11)13(15)8-12-9-14-6-7-17-12/h2-5,12,14H,6-9H2,1H3. The molecular weight excluding hydrogens is 218 g/mol. The van der Waals surface area contributed by atoms with Crippen molar-refractivity contribution < 1.29 is 14.3 Å². The molecule has 0 amide bonds. The van der Waals surface area contributed by atoms with Gasteiger partial charge in [0, 0.05) is 25.1 Å². The van der Waals surface area contributed by atoms with E-state index < -0.39 is 0 Å². The normalized spacial score (nSPS) is 19.9. The zero-order chi connectivity index (χ0) is 12.1. The lowest BCUT2D eigenvalue weighted by Gasteiger charge is -2.22. The highest BCUT2D eigenvalue weighted by molar-refractivity contribution is 5.96. The van der Waals surface area contributed by atoms with E-state index in [-0.39, 0.29) is 11.9 Å². The van der Waals surface area contributed by atoms with Crippen molar-refractivity contribution in [2.45, 2.75) is 12.5 Å². The molecule has 1 aliphatic heterocycles. The van der Waals surface area contributed by atoms with Gasteiger partial charge in [0.05, 0.1) is 19.8 Å². The molecule has 1 unspecified atom stereocenters. The van der Waals surface area contributed by atoms with Gasteiger partial charge in [-0.1, -0.05) is 0 Å². The molecule has 1 fully saturated rings. The molecule has 4 heteroatoms. The molecule has 0 aliphatic carbocycles. The number of benzene rings is 1. The first-order valence-electron chi connectivity index (χ1n) is 5.79. The minimum atomic E-state index is -0.00153. The zero-order valence-corrected chi connectivity index (χ0v) is 9.94. The van der Waals surface area contributed by atoms with Crippen LogP contribution < -0.4 is 10.1 Å². The van der Waals surface area contributed by atoms with Crippen LogP contribution in [0.3, 0.4) is 0 Å². The Hall–Kier alpha value is -1.39. The Morgan fingerprint density at radius 3 is 2.82 bits per heavy atom. The number of methoxy groups -OCH3 is 1. The summed E-state index contributed by atoms with van der Waals surface area (Å²) in [5.41, 5.74) is 0.708. The third-order valence-electron chi connectivity index (χ3n) is 2.83. The molecule has 0 radical (unpaired) electrons. The monoisotopic (exact) mass is 235 g/mol. The fourth-order valence-corrected chi connectivity index (χ4v) is 1.85. The second-order valence-electron chi connectivity index (χ2n) is 4.05. The molecule has 0 spiro atoms. The van der Waals surface area contributed by atoms with E-state index in [1.807, 2.05) is 0 Å². The van der Waals surface area contributed by atoms with Crippen molar-refractivity contribution in [2.75, 3.05) is 26.8 Å². The predicted octanol–water partition coefficient (Wildman–Crippen LogP) is 1.26. The first kappa shape index (κ1) is 12.1. The second kappa shape index (κ2) is 5.80. The van der Waals surface area contributed by atoms with Gasteiger partial charge in [0.15, 0.2) is 5.78 Å². The van der Waals surface area contributed by atoms with Gasteiger partial charge >= 0.3 is 0 Å². The lowest BCUT2D eigenvalue weighted by atomic mass is 10.0. The minimum absolute atomic E-state index is 0.00153. The van der Waals surface area contributed by atoms with Gasteiger partial charge in [0.1, 0.15) is 5.75 Å². The molecule has 1 aromatic carbocycles. The average molecular weight is 235 g/mol. The predicted molar refractivity (Wildman–Crippen MR) is 64.6 cm³/mol. The number of morpholine rings is 1. The Bertz CT molecular complexity index is 369. The fraction of sp³-hybridized carbons (Fsp3) is 0.462. The lowest BCUT2D eigenvalue weighted by molar-refractivity contribution is 0.0240. The largest absolute Gasteiger partial charge is 0.497 e. The molecular formula is C13H17NO3. The highest BCUT2D eigenvalue weighted by Gasteiger charge is 2.18. The smallest absolute Gasteiger partial charge is 0.165 e. The summed E-state index contributed by atoms with van der Waals surface area (Å²) in [5.74, 6) is 0.874. The van der Waals surface area contributed by atoms with Crippen LogP contribution in [-0.4, -0.2) is 38.7 Å². The first-order valence-corrected chi connectivity index (χ1v) is 5.79. The summed E-state index contributed by atoms with van der Waals surface area (Å²) in [6, 6.07) is 7.18. The Labute approximate surface area is 101 Å². The minimum Gasteiger partial charge on any atom is -0.497 e. The first-order chi connectivity index (χ1) is 8.29. The van der Waals surface area contributed by atoms with Crippen LogP contribution >= 0.6 is 0 Å². The summed E-state index contributed by atoms with van der Waals surface area (Å²) < 4.78 is 10.6. The number of rotatable bonds is 4. The van der Waals surface area contributed by atoms with Gasteiger partial charge in [-0.15, -0.1) is 0 Å². The number of Topliss-reactive ketones (excluding diaryl/α,β-unsaturated/α-hetero) is 1. The van der Waals surface area contributed by atoms with Crippen LogP contribution in [0.4, 0.5) is 0 Å². The van der Waals surface area contributed by atoms with Gasteiger partial charge in [-0.3, -0.25) is 4.79 Å². The van der Waals surface area contributed by atoms with E-state index in [1.54, 1.807) is 31.4 Å². The van der Waals surface area contributed by atoms with Gasteiger partial charge in [-0.25, -0.2) is 0 Å². The van der Waals surface area contributed by atoms with Crippen molar-refractivity contribution in [3.63, 3.8) is 0 Å². The van der Waals surface area contributed by atoms with E-state index in [0.717, 1.165) is 18.8 Å². The van der Waals surface area contributed by atoms with Crippen molar-refractivity contribution in [3.8, 4) is 5.75 Å². The van der Waals surface area contributed by atoms with Crippen LogP contribution in [0.5, 0.6) is 5.75 Å². The zero-order valence-electron chi connectivity index (χ0n) is 9.94. The highest BCUT2D eigenvalue weighted by atomic mass is 16.5. The Balaban J connectivity index is 1.93. The van der Waals surface area contributed by atoms with E-state index in [0.29, 0.717) is 18.6 Å². The molecule has 1 heterocycles. The van der Waals surface area contributed by atoms with Gasteiger partial charge in [-0.2, -0.15) is 0 Å². The summed E-state index contributed by atoms with van der Waals surface area (Å²) in [6.07, 6.45) is 0.428. The quantitative estimate of drug-likeness (QED) is 0.798. The molecule has 92 valence electrons. The number of ether oxygens (including phenoxy) is 2. The summed E-state index contributed by atoms with van der Waals surface area (Å²) in [6.45, 7) is 2.30. The third kappa shape index (κ3) is 3.28. The summed E-state index contributed by atoms with van der Waals surface area (Å²) in [7, 11) is 1.61. The van der Waals surface area contributed by atoms with E-state index >= 15 is 0 Å². The maximum absolute atomic E-state index is 12.0. The summed E-state index contributed by atoms with van der Waals surface area (Å²) in [4.78, 5) is 12.0. The molecule has 0 saturated carbocycles. The van der Waals surface area contributed by atoms with Crippen LogP contribution in [0.15, 0.2) is 24.3 Å². The Kier molecular flexibility index (Phi) is 4.12. The molecule has 0 bridgehead atoms. The van der Waals surface area contributed by atoms with Crippen molar-refractivity contribution in [1.82, 2.24) is 5.32 Å². The van der Waals surface area contributed by atoms with E-state index in [4.69, 9.17) is 9.47 Å². The van der Waals surface area contributed by atoms with E-state index in [9.17, 15) is 4.79 Å². The Morgan fingerprint density at radius 2 is 2.24 bits per heavy atom. The molecule has 17 heavy (non-hydrogen) atoms. The SMILES string of the molecule is COc1ccc(C(=O)CC2CNCCO2)cc1. The van der Waals surface area contributed by atoms with E-state index in [1.165, 1.54) is 0 Å². The van der Waals surface area contributed by atoms with Gasteiger partial charge in [0.2, 0.25) is 0 Å². The molecule has 1 aromatic rings. The number of carbonyl (C=O) groups is 1. The van der Waals surface area contributed by atoms with Crippen molar-refractivity contribution in [1.29, 1.82) is 0 Å². The third-order valence-corrected chi connectivity index (χ3v) is 2.83. The summed E-state index contributed by atoms with van der Waals surface area (Å²) in [5, 5.41) is 3.21. The number of ketones is 1. The number of nitrogens with one attached hydrogen (secondary N) is 1. The van der Waals surface area contributed by atoms with Gasteiger partial charge < -0.3 is 14.8 Å². The molecule has 4 nitrogen and oxygen atoms in total. The maximum atomic E-state index is 12.0. The van der Waals surface area contributed by atoms with Crippen LogP contribution in [0.25, 0.3) is 0 Å².